The quantitative estimate of drug-likeness (QED) is 0.543. The highest BCUT2D eigenvalue weighted by atomic mass is 32.2. The SMILES string of the molecule is CC(C)Oc1ccc(S(N)=O)cc1Nc1nc(-c2ccnc(N3CCN(C)CC3)c2)cs1. The Kier molecular flexibility index (Phi) is 7.04. The molecule has 1 fully saturated rings. The van der Waals surface area contributed by atoms with Crippen molar-refractivity contribution >= 4 is 39.0 Å². The molecule has 1 saturated heterocycles. The first kappa shape index (κ1) is 22.7. The van der Waals surface area contributed by atoms with Crippen LogP contribution < -0.4 is 20.1 Å². The number of pyridine rings is 1. The maximum atomic E-state index is 11.7. The first-order valence-electron chi connectivity index (χ1n) is 10.5. The second-order valence-electron chi connectivity index (χ2n) is 7.98. The van der Waals surface area contributed by atoms with E-state index in [4.69, 9.17) is 14.9 Å². The van der Waals surface area contributed by atoms with Gasteiger partial charge in [0.1, 0.15) is 22.6 Å². The summed E-state index contributed by atoms with van der Waals surface area (Å²) >= 11 is 1.50. The lowest BCUT2D eigenvalue weighted by atomic mass is 10.2. The number of nitrogens with two attached hydrogens (primary N) is 1. The molecule has 0 saturated carbocycles. The van der Waals surface area contributed by atoms with Crippen LogP contribution in [0.2, 0.25) is 0 Å². The van der Waals surface area contributed by atoms with Gasteiger partial charge in [0.2, 0.25) is 0 Å². The molecule has 1 aromatic carbocycles. The van der Waals surface area contributed by atoms with Crippen LogP contribution in [0.1, 0.15) is 13.8 Å². The predicted molar refractivity (Wildman–Crippen MR) is 131 cm³/mol. The molecule has 3 aromatic rings. The Morgan fingerprint density at radius 1 is 1.19 bits per heavy atom. The summed E-state index contributed by atoms with van der Waals surface area (Å²) in [6.45, 7) is 7.92. The molecule has 1 aliphatic heterocycles. The van der Waals surface area contributed by atoms with Crippen LogP contribution in [0.25, 0.3) is 11.3 Å². The van der Waals surface area contributed by atoms with Crippen LogP contribution in [0.15, 0.2) is 46.8 Å². The van der Waals surface area contributed by atoms with Crippen LogP contribution in [0.4, 0.5) is 16.6 Å². The third-order valence-corrected chi connectivity index (χ3v) is 6.64. The fourth-order valence-electron chi connectivity index (χ4n) is 3.45. The van der Waals surface area contributed by atoms with Crippen molar-refractivity contribution in [3.05, 3.63) is 41.9 Å². The number of hydrogen-bond donors (Lipinski definition) is 2. The summed E-state index contributed by atoms with van der Waals surface area (Å²) in [4.78, 5) is 14.5. The Balaban J connectivity index is 1.55. The zero-order valence-electron chi connectivity index (χ0n) is 18.4. The smallest absolute Gasteiger partial charge is 0.187 e. The fraction of sp³-hybridized carbons (Fsp3) is 0.364. The first-order chi connectivity index (χ1) is 15.4. The molecule has 170 valence electrons. The third kappa shape index (κ3) is 5.44. The maximum Gasteiger partial charge on any atom is 0.187 e. The second-order valence-corrected chi connectivity index (χ2v) is 9.90. The fourth-order valence-corrected chi connectivity index (χ4v) is 4.62. The van der Waals surface area contributed by atoms with E-state index in [9.17, 15) is 4.21 Å². The van der Waals surface area contributed by atoms with Crippen molar-refractivity contribution in [3.8, 4) is 17.0 Å². The van der Waals surface area contributed by atoms with E-state index < -0.39 is 11.0 Å². The molecule has 0 spiro atoms. The van der Waals surface area contributed by atoms with Crippen molar-refractivity contribution in [1.82, 2.24) is 14.9 Å². The molecule has 1 atom stereocenters. The number of ether oxygens (including phenoxy) is 1. The van der Waals surface area contributed by atoms with Gasteiger partial charge in [0.25, 0.3) is 0 Å². The number of aromatic nitrogens is 2. The lowest BCUT2D eigenvalue weighted by molar-refractivity contribution is 0.243. The van der Waals surface area contributed by atoms with Crippen molar-refractivity contribution < 1.29 is 8.95 Å². The van der Waals surface area contributed by atoms with Crippen molar-refractivity contribution in [2.24, 2.45) is 5.14 Å². The minimum atomic E-state index is -1.58. The van der Waals surface area contributed by atoms with Gasteiger partial charge in [-0.2, -0.15) is 0 Å². The van der Waals surface area contributed by atoms with E-state index in [1.165, 1.54) is 11.3 Å². The zero-order chi connectivity index (χ0) is 22.7. The highest BCUT2D eigenvalue weighted by Gasteiger charge is 2.17. The number of piperazine rings is 1. The van der Waals surface area contributed by atoms with Crippen molar-refractivity contribution in [1.29, 1.82) is 0 Å². The molecule has 0 amide bonds. The third-order valence-electron chi connectivity index (χ3n) is 5.16. The average molecular weight is 473 g/mol. The van der Waals surface area contributed by atoms with E-state index in [2.05, 4.69) is 33.2 Å². The van der Waals surface area contributed by atoms with Gasteiger partial charge in [-0.3, -0.25) is 0 Å². The van der Waals surface area contributed by atoms with Crippen LogP contribution in [-0.2, 0) is 11.0 Å². The Bertz CT molecular complexity index is 1100. The van der Waals surface area contributed by atoms with Crippen molar-refractivity contribution in [2.45, 2.75) is 24.8 Å². The maximum absolute atomic E-state index is 11.7. The topological polar surface area (TPSA) is 96.6 Å². The van der Waals surface area contributed by atoms with Crippen LogP contribution in [-0.4, -0.2) is 58.4 Å². The zero-order valence-corrected chi connectivity index (χ0v) is 20.1. The van der Waals surface area contributed by atoms with E-state index in [1.54, 1.807) is 18.2 Å². The number of rotatable bonds is 7. The van der Waals surface area contributed by atoms with Crippen molar-refractivity contribution in [3.63, 3.8) is 0 Å². The van der Waals surface area contributed by atoms with E-state index in [1.807, 2.05) is 31.5 Å². The normalized spacial score (nSPS) is 15.7. The summed E-state index contributed by atoms with van der Waals surface area (Å²) in [5, 5.41) is 11.6. The molecule has 4 rings (SSSR count). The van der Waals surface area contributed by atoms with Gasteiger partial charge in [-0.05, 0) is 51.2 Å². The molecule has 0 bridgehead atoms. The van der Waals surface area contributed by atoms with Gasteiger partial charge in [0.15, 0.2) is 5.13 Å². The Morgan fingerprint density at radius 3 is 2.69 bits per heavy atom. The van der Waals surface area contributed by atoms with Gasteiger partial charge in [-0.25, -0.2) is 19.3 Å². The predicted octanol–water partition coefficient (Wildman–Crippen LogP) is 3.47. The molecule has 2 aromatic heterocycles. The average Bonchev–Trinajstić information content (AvgIpc) is 3.24. The molecular formula is C22H28N6O2S2. The number of nitrogens with zero attached hydrogens (tertiary/aromatic N) is 4. The Morgan fingerprint density at radius 2 is 1.97 bits per heavy atom. The standard InChI is InChI=1S/C22H28N6O2S2/c1-15(2)30-20-5-4-17(32(23)29)13-18(20)25-22-26-19(14-31-22)16-6-7-24-21(12-16)28-10-8-27(3)9-11-28/h4-7,12-15H,8-11,23H2,1-3H3,(H,25,26). The second kappa shape index (κ2) is 9.95. The van der Waals surface area contributed by atoms with Gasteiger partial charge in [0, 0.05) is 43.3 Å². The van der Waals surface area contributed by atoms with Gasteiger partial charge < -0.3 is 19.9 Å². The lowest BCUT2D eigenvalue weighted by Gasteiger charge is -2.33. The Hall–Kier alpha value is -2.53. The summed E-state index contributed by atoms with van der Waals surface area (Å²) in [6.07, 6.45) is 1.84. The number of benzene rings is 1. The number of thiazole rings is 1. The van der Waals surface area contributed by atoms with Gasteiger partial charge in [0.05, 0.1) is 22.4 Å². The summed E-state index contributed by atoms with van der Waals surface area (Å²) in [7, 11) is 0.565. The monoisotopic (exact) mass is 472 g/mol. The van der Waals surface area contributed by atoms with Crippen LogP contribution >= 0.6 is 11.3 Å². The van der Waals surface area contributed by atoms with Crippen LogP contribution in [0.5, 0.6) is 5.75 Å². The summed E-state index contributed by atoms with van der Waals surface area (Å²) in [6, 6.07) is 9.30. The lowest BCUT2D eigenvalue weighted by Crippen LogP contribution is -2.44. The molecule has 1 aliphatic rings. The molecule has 10 heteroatoms. The minimum absolute atomic E-state index is 0.00134. The molecule has 0 aliphatic carbocycles. The van der Waals surface area contributed by atoms with E-state index in [0.29, 0.717) is 21.5 Å². The molecule has 1 unspecified atom stereocenters. The summed E-state index contributed by atoms with van der Waals surface area (Å²) < 4.78 is 17.6. The molecule has 32 heavy (non-hydrogen) atoms. The first-order valence-corrected chi connectivity index (χ1v) is 12.6. The minimum Gasteiger partial charge on any atom is -0.489 e. The van der Waals surface area contributed by atoms with Crippen molar-refractivity contribution in [2.75, 3.05) is 43.4 Å². The highest BCUT2D eigenvalue weighted by molar-refractivity contribution is 7.82. The molecule has 3 heterocycles. The van der Waals surface area contributed by atoms with Crippen LogP contribution in [0.3, 0.4) is 0 Å². The number of likely N-dealkylation sites (N-methyl/N-ethyl adjacent to an activating group) is 1. The summed E-state index contributed by atoms with van der Waals surface area (Å²) in [5.74, 6) is 1.64. The number of nitrogens with one attached hydrogen (secondary N) is 1. The number of hydrogen-bond acceptors (Lipinski definition) is 8. The van der Waals surface area contributed by atoms with Crippen LogP contribution in [0, 0.1) is 0 Å². The molecule has 0 radical (unpaired) electrons. The highest BCUT2D eigenvalue weighted by Crippen LogP contribution is 2.34. The molecular weight excluding hydrogens is 444 g/mol. The van der Waals surface area contributed by atoms with E-state index >= 15 is 0 Å². The molecule has 3 N–H and O–H groups in total. The molecule has 8 nitrogen and oxygen atoms in total. The Labute approximate surface area is 195 Å². The van der Waals surface area contributed by atoms with E-state index in [-0.39, 0.29) is 6.10 Å². The van der Waals surface area contributed by atoms with E-state index in [0.717, 1.165) is 43.3 Å². The van der Waals surface area contributed by atoms with Gasteiger partial charge >= 0.3 is 0 Å². The largest absolute Gasteiger partial charge is 0.489 e. The van der Waals surface area contributed by atoms with Gasteiger partial charge in [-0.15, -0.1) is 11.3 Å². The van der Waals surface area contributed by atoms with Gasteiger partial charge in [-0.1, -0.05) is 0 Å². The summed E-state index contributed by atoms with van der Waals surface area (Å²) in [5.41, 5.74) is 2.58. The number of anilines is 3.